The van der Waals surface area contributed by atoms with Crippen LogP contribution in [0.15, 0.2) is 0 Å². The summed E-state index contributed by atoms with van der Waals surface area (Å²) in [6, 6.07) is 0.433. The first kappa shape index (κ1) is 21.0. The fourth-order valence-corrected chi connectivity index (χ4v) is 2.99. The Kier molecular flexibility index (Phi) is 16.3. The molecular formula is C20H43N. The molecule has 1 heteroatoms. The quantitative estimate of drug-likeness (QED) is 0.310. The summed E-state index contributed by atoms with van der Waals surface area (Å²) in [5.74, 6) is 0.697. The highest BCUT2D eigenvalue weighted by molar-refractivity contribution is 4.67. The van der Waals surface area contributed by atoms with E-state index in [2.05, 4.69) is 20.8 Å². The average molecular weight is 298 g/mol. The third-order valence-electron chi connectivity index (χ3n) is 5.02. The molecule has 21 heavy (non-hydrogen) atoms. The zero-order chi connectivity index (χ0) is 15.8. The number of unbranched alkanes of at least 4 members (excludes halogenated alkanes) is 12. The van der Waals surface area contributed by atoms with Crippen molar-refractivity contribution in [3.05, 3.63) is 0 Å². The minimum Gasteiger partial charge on any atom is -0.327 e. The van der Waals surface area contributed by atoms with Crippen LogP contribution in [0, 0.1) is 5.92 Å². The van der Waals surface area contributed by atoms with Gasteiger partial charge in [0.1, 0.15) is 0 Å². The van der Waals surface area contributed by atoms with Crippen molar-refractivity contribution in [1.29, 1.82) is 0 Å². The summed E-state index contributed by atoms with van der Waals surface area (Å²) in [5.41, 5.74) is 6.17. The van der Waals surface area contributed by atoms with Crippen molar-refractivity contribution >= 4 is 0 Å². The Hall–Kier alpha value is -0.0400. The predicted octanol–water partition coefficient (Wildman–Crippen LogP) is 6.84. The third kappa shape index (κ3) is 14.7. The van der Waals surface area contributed by atoms with E-state index in [9.17, 15) is 0 Å². The lowest BCUT2D eigenvalue weighted by Gasteiger charge is -2.17. The summed E-state index contributed by atoms with van der Waals surface area (Å²) in [7, 11) is 0. The molecule has 2 unspecified atom stereocenters. The van der Waals surface area contributed by atoms with E-state index in [4.69, 9.17) is 5.73 Å². The first-order valence-electron chi connectivity index (χ1n) is 9.97. The summed E-state index contributed by atoms with van der Waals surface area (Å²) < 4.78 is 0. The van der Waals surface area contributed by atoms with Gasteiger partial charge in [-0.3, -0.25) is 0 Å². The highest BCUT2D eigenvalue weighted by Gasteiger charge is 2.09. The normalized spacial score (nSPS) is 14.3. The van der Waals surface area contributed by atoms with Crippen LogP contribution >= 0.6 is 0 Å². The van der Waals surface area contributed by atoms with E-state index in [1.165, 1.54) is 96.3 Å². The van der Waals surface area contributed by atoms with Gasteiger partial charge in [0.05, 0.1) is 0 Å². The lowest BCUT2D eigenvalue weighted by atomic mass is 9.94. The van der Waals surface area contributed by atoms with Gasteiger partial charge < -0.3 is 5.73 Å². The molecule has 0 radical (unpaired) electrons. The number of hydrogen-bond acceptors (Lipinski definition) is 1. The summed E-state index contributed by atoms with van der Waals surface area (Å²) in [4.78, 5) is 0. The van der Waals surface area contributed by atoms with Crippen LogP contribution in [-0.2, 0) is 0 Å². The highest BCUT2D eigenvalue weighted by atomic mass is 14.6. The van der Waals surface area contributed by atoms with Crippen LogP contribution in [0.2, 0.25) is 0 Å². The van der Waals surface area contributed by atoms with Gasteiger partial charge in [-0.05, 0) is 12.3 Å². The topological polar surface area (TPSA) is 26.0 Å². The third-order valence-corrected chi connectivity index (χ3v) is 5.02. The molecule has 0 bridgehead atoms. The average Bonchev–Trinajstić information content (AvgIpc) is 2.50. The van der Waals surface area contributed by atoms with E-state index in [-0.39, 0.29) is 0 Å². The van der Waals surface area contributed by atoms with E-state index in [1.807, 2.05) is 0 Å². The van der Waals surface area contributed by atoms with E-state index >= 15 is 0 Å². The van der Waals surface area contributed by atoms with Crippen LogP contribution in [0.1, 0.15) is 117 Å². The van der Waals surface area contributed by atoms with E-state index < -0.39 is 0 Å². The first-order valence-corrected chi connectivity index (χ1v) is 9.97. The first-order chi connectivity index (χ1) is 10.2. The van der Waals surface area contributed by atoms with E-state index in [0.29, 0.717) is 12.0 Å². The Bertz CT molecular complexity index is 190. The van der Waals surface area contributed by atoms with Crippen molar-refractivity contribution in [3.63, 3.8) is 0 Å². The van der Waals surface area contributed by atoms with Gasteiger partial charge in [0, 0.05) is 6.04 Å². The zero-order valence-electron chi connectivity index (χ0n) is 15.3. The maximum atomic E-state index is 6.17. The van der Waals surface area contributed by atoms with Crippen molar-refractivity contribution in [2.75, 3.05) is 0 Å². The Morgan fingerprint density at radius 3 is 1.38 bits per heavy atom. The molecule has 2 atom stereocenters. The molecule has 0 heterocycles. The van der Waals surface area contributed by atoms with Crippen molar-refractivity contribution in [2.45, 2.75) is 123 Å². The van der Waals surface area contributed by atoms with Crippen LogP contribution in [0.3, 0.4) is 0 Å². The summed E-state index contributed by atoms with van der Waals surface area (Å²) in [6.07, 6.45) is 21.1. The van der Waals surface area contributed by atoms with Crippen LogP contribution in [0.25, 0.3) is 0 Å². The number of hydrogen-bond donors (Lipinski definition) is 1. The Labute approximate surface area is 135 Å². The zero-order valence-corrected chi connectivity index (χ0v) is 15.3. The van der Waals surface area contributed by atoms with Crippen LogP contribution in [-0.4, -0.2) is 6.04 Å². The molecule has 0 spiro atoms. The lowest BCUT2D eigenvalue weighted by Crippen LogP contribution is -2.27. The van der Waals surface area contributed by atoms with Gasteiger partial charge in [-0.1, -0.05) is 111 Å². The van der Waals surface area contributed by atoms with Gasteiger partial charge in [-0.25, -0.2) is 0 Å². The van der Waals surface area contributed by atoms with Crippen LogP contribution in [0.4, 0.5) is 0 Å². The van der Waals surface area contributed by atoms with Crippen molar-refractivity contribution < 1.29 is 0 Å². The van der Waals surface area contributed by atoms with Gasteiger partial charge >= 0.3 is 0 Å². The summed E-state index contributed by atoms with van der Waals surface area (Å²) >= 11 is 0. The van der Waals surface area contributed by atoms with Crippen LogP contribution in [0.5, 0.6) is 0 Å². The molecule has 0 aliphatic carbocycles. The lowest BCUT2D eigenvalue weighted by molar-refractivity contribution is 0.403. The van der Waals surface area contributed by atoms with Crippen molar-refractivity contribution in [1.82, 2.24) is 0 Å². The summed E-state index contributed by atoms with van der Waals surface area (Å²) in [6.45, 7) is 6.82. The molecule has 2 N–H and O–H groups in total. The fraction of sp³-hybridized carbons (Fsp3) is 1.00. The Morgan fingerprint density at radius 1 is 0.619 bits per heavy atom. The fourth-order valence-electron chi connectivity index (χ4n) is 2.99. The molecule has 0 aromatic rings. The van der Waals surface area contributed by atoms with Crippen LogP contribution < -0.4 is 5.73 Å². The van der Waals surface area contributed by atoms with Crippen molar-refractivity contribution in [3.8, 4) is 0 Å². The van der Waals surface area contributed by atoms with Gasteiger partial charge in [-0.2, -0.15) is 0 Å². The minimum atomic E-state index is 0.433. The van der Waals surface area contributed by atoms with E-state index in [1.54, 1.807) is 0 Å². The van der Waals surface area contributed by atoms with Gasteiger partial charge in [0.2, 0.25) is 0 Å². The predicted molar refractivity (Wildman–Crippen MR) is 97.7 cm³/mol. The van der Waals surface area contributed by atoms with Gasteiger partial charge in [-0.15, -0.1) is 0 Å². The SMILES string of the molecule is CCCCCCCCCCCCCCCC(N)C(C)CC. The Balaban J connectivity index is 3.09. The molecule has 0 aliphatic heterocycles. The second-order valence-electron chi connectivity index (χ2n) is 7.08. The molecular weight excluding hydrogens is 254 g/mol. The molecule has 0 saturated carbocycles. The second kappa shape index (κ2) is 16.3. The smallest absolute Gasteiger partial charge is 0.00644 e. The monoisotopic (exact) mass is 297 g/mol. The van der Waals surface area contributed by atoms with Gasteiger partial charge in [0.25, 0.3) is 0 Å². The molecule has 0 amide bonds. The molecule has 0 aromatic heterocycles. The number of rotatable bonds is 16. The molecule has 128 valence electrons. The maximum absolute atomic E-state index is 6.17. The molecule has 0 fully saturated rings. The molecule has 0 aromatic carbocycles. The molecule has 1 nitrogen and oxygen atoms in total. The second-order valence-corrected chi connectivity index (χ2v) is 7.08. The standard InChI is InChI=1S/C20H43N/c1-4-6-7-8-9-10-11-12-13-14-15-16-17-18-20(21)19(3)5-2/h19-20H,4-18,21H2,1-3H3. The molecule has 0 saturated heterocycles. The van der Waals surface area contributed by atoms with Crippen molar-refractivity contribution in [2.24, 2.45) is 11.7 Å². The minimum absolute atomic E-state index is 0.433. The highest BCUT2D eigenvalue weighted by Crippen LogP contribution is 2.15. The maximum Gasteiger partial charge on any atom is 0.00644 e. The molecule has 0 rings (SSSR count). The largest absolute Gasteiger partial charge is 0.327 e. The number of nitrogens with two attached hydrogens (primary N) is 1. The van der Waals surface area contributed by atoms with Gasteiger partial charge in [0.15, 0.2) is 0 Å². The molecule has 0 aliphatic rings. The Morgan fingerprint density at radius 2 is 1.00 bits per heavy atom. The van der Waals surface area contributed by atoms with E-state index in [0.717, 1.165) is 0 Å². The summed E-state index contributed by atoms with van der Waals surface area (Å²) in [5, 5.41) is 0.